The lowest BCUT2D eigenvalue weighted by molar-refractivity contribution is 0.313. The van der Waals surface area contributed by atoms with Gasteiger partial charge in [-0.15, -0.1) is 0 Å². The predicted molar refractivity (Wildman–Crippen MR) is 199 cm³/mol. The third-order valence-electron chi connectivity index (χ3n) is 9.03. The molecule has 2 aliphatic heterocycles. The standard InChI is InChI=1S/C20H23N3.C12H13ClN2.C6H7ClN2/c1-22-12-11-18-17(14-22)16-9-6-10-19(20(16)21-18)23(2)13-15-7-4-3-5-8-15;1-15-6-5-11-9(7-15)8-3-2-4-10(13)12(8)14-11;7-5-3-1-2-4-6(5)9-8/h3-10,21H,11-14H2,1-2H3;2-4,14H,5-7H2,1H3;1-4,9H,8H2. The van der Waals surface area contributed by atoms with Gasteiger partial charge in [0.05, 0.1) is 32.5 Å². The quantitative estimate of drug-likeness (QED) is 0.113. The van der Waals surface area contributed by atoms with Crippen LogP contribution in [0.1, 0.15) is 28.1 Å². The van der Waals surface area contributed by atoms with E-state index in [-0.39, 0.29) is 0 Å². The molecule has 2 aromatic heterocycles. The molecule has 0 saturated carbocycles. The highest BCUT2D eigenvalue weighted by molar-refractivity contribution is 6.35. The first kappa shape index (κ1) is 32.9. The summed E-state index contributed by atoms with van der Waals surface area (Å²) in [6.45, 7) is 5.24. The van der Waals surface area contributed by atoms with Gasteiger partial charge in [0.15, 0.2) is 0 Å². The van der Waals surface area contributed by atoms with Crippen molar-refractivity contribution in [2.45, 2.75) is 32.5 Å². The number of nitrogens with two attached hydrogens (primary N) is 1. The Balaban J connectivity index is 0.000000138. The highest BCUT2D eigenvalue weighted by atomic mass is 35.5. The number of hydrogen-bond donors (Lipinski definition) is 4. The van der Waals surface area contributed by atoms with Crippen LogP contribution < -0.4 is 16.2 Å². The van der Waals surface area contributed by atoms with Crippen molar-refractivity contribution < 1.29 is 0 Å². The molecule has 4 aromatic carbocycles. The average molecular weight is 669 g/mol. The SMILES string of the molecule is CN1CCc2[nH]c3c(Cl)cccc3c2C1.CN1CCc2[nH]c3c(N(C)Cc4ccccc4)cccc3c2C1.NNc1ccccc1Cl. The molecule has 2 aliphatic rings. The van der Waals surface area contributed by atoms with Crippen LogP contribution in [-0.4, -0.2) is 54.0 Å². The zero-order valence-corrected chi connectivity index (χ0v) is 28.8. The Labute approximate surface area is 287 Å². The number of hydrogen-bond acceptors (Lipinski definition) is 5. The molecular weight excluding hydrogens is 625 g/mol. The monoisotopic (exact) mass is 667 g/mol. The molecule has 0 amide bonds. The van der Waals surface area contributed by atoms with Crippen LogP contribution in [0.25, 0.3) is 21.8 Å². The van der Waals surface area contributed by atoms with Gasteiger partial charge in [-0.1, -0.05) is 89.9 Å². The second-order valence-electron chi connectivity index (χ2n) is 12.5. The molecule has 0 fully saturated rings. The number of rotatable bonds is 4. The molecule has 0 aliphatic carbocycles. The van der Waals surface area contributed by atoms with E-state index in [4.69, 9.17) is 29.0 Å². The van der Waals surface area contributed by atoms with E-state index >= 15 is 0 Å². The fourth-order valence-electron chi connectivity index (χ4n) is 6.53. The minimum Gasteiger partial charge on any atom is -0.369 e. The third-order valence-corrected chi connectivity index (χ3v) is 9.68. The van der Waals surface area contributed by atoms with Crippen LogP contribution in [0.2, 0.25) is 10.0 Å². The van der Waals surface area contributed by atoms with Crippen molar-refractivity contribution in [3.63, 3.8) is 0 Å². The summed E-state index contributed by atoms with van der Waals surface area (Å²) in [5.74, 6) is 5.12. The maximum atomic E-state index is 6.17. The molecule has 0 atom stereocenters. The number of fused-ring (bicyclic) bond motifs is 6. The largest absolute Gasteiger partial charge is 0.369 e. The van der Waals surface area contributed by atoms with Crippen LogP contribution in [-0.2, 0) is 32.5 Å². The molecule has 0 saturated heterocycles. The van der Waals surface area contributed by atoms with Crippen molar-refractivity contribution in [3.05, 3.63) is 129 Å². The van der Waals surface area contributed by atoms with Crippen molar-refractivity contribution in [3.8, 4) is 0 Å². The van der Waals surface area contributed by atoms with E-state index in [1.807, 2.05) is 30.3 Å². The number of likely N-dealkylation sites (N-methyl/N-ethyl adjacent to an activating group) is 2. The van der Waals surface area contributed by atoms with Crippen LogP contribution in [0.5, 0.6) is 0 Å². The predicted octanol–water partition coefficient (Wildman–Crippen LogP) is 8.23. The lowest BCUT2D eigenvalue weighted by Gasteiger charge is -2.22. The summed E-state index contributed by atoms with van der Waals surface area (Å²) in [4.78, 5) is 14.2. The van der Waals surface area contributed by atoms with E-state index in [1.165, 1.54) is 50.1 Å². The molecule has 0 radical (unpaired) electrons. The number of aromatic nitrogens is 2. The van der Waals surface area contributed by atoms with Crippen molar-refractivity contribution in [2.24, 2.45) is 5.84 Å². The number of nitrogens with zero attached hydrogens (tertiary/aromatic N) is 3. The highest BCUT2D eigenvalue weighted by Gasteiger charge is 2.21. The van der Waals surface area contributed by atoms with Crippen LogP contribution in [0.15, 0.2) is 91.0 Å². The van der Waals surface area contributed by atoms with Crippen molar-refractivity contribution in [1.29, 1.82) is 0 Å². The van der Waals surface area contributed by atoms with E-state index in [2.05, 4.69) is 106 Å². The molecule has 0 bridgehead atoms. The molecular formula is C38H43Cl2N7. The fraction of sp³-hybridized carbons (Fsp3) is 0.263. The van der Waals surface area contributed by atoms with Gasteiger partial charge in [0.25, 0.3) is 0 Å². The molecule has 4 heterocycles. The average Bonchev–Trinajstić information content (AvgIpc) is 3.65. The Bertz CT molecular complexity index is 1950. The Morgan fingerprint density at radius 3 is 1.87 bits per heavy atom. The summed E-state index contributed by atoms with van der Waals surface area (Å²) in [5, 5.41) is 4.12. The summed E-state index contributed by atoms with van der Waals surface area (Å²) in [6, 6.07) is 30.7. The number of H-pyrrole nitrogens is 2. The van der Waals surface area contributed by atoms with Crippen LogP contribution >= 0.6 is 23.2 Å². The second-order valence-corrected chi connectivity index (χ2v) is 13.3. The Morgan fingerprint density at radius 1 is 0.702 bits per heavy atom. The normalized spacial score (nSPS) is 14.4. The summed E-state index contributed by atoms with van der Waals surface area (Å²) < 4.78 is 0. The minimum atomic E-state index is 0.639. The van der Waals surface area contributed by atoms with Gasteiger partial charge >= 0.3 is 0 Å². The molecule has 0 unspecified atom stereocenters. The van der Waals surface area contributed by atoms with Crippen molar-refractivity contribution in [2.75, 3.05) is 44.6 Å². The van der Waals surface area contributed by atoms with Crippen LogP contribution in [0.3, 0.4) is 0 Å². The fourth-order valence-corrected chi connectivity index (χ4v) is 6.95. The molecule has 5 N–H and O–H groups in total. The number of nitrogens with one attached hydrogen (secondary N) is 3. The van der Waals surface area contributed by atoms with Gasteiger partial charge in [0.2, 0.25) is 0 Å². The first-order valence-corrected chi connectivity index (χ1v) is 16.8. The zero-order chi connectivity index (χ0) is 32.9. The van der Waals surface area contributed by atoms with Gasteiger partial charge in [-0.05, 0) is 55.1 Å². The number of nitrogen functional groups attached to an aromatic ring is 1. The van der Waals surface area contributed by atoms with E-state index in [0.29, 0.717) is 5.02 Å². The molecule has 8 rings (SSSR count). The Kier molecular flexibility index (Phi) is 10.4. The summed E-state index contributed by atoms with van der Waals surface area (Å²) in [6.07, 6.45) is 2.21. The second kappa shape index (κ2) is 14.8. The van der Waals surface area contributed by atoms with Gasteiger partial charge in [-0.3, -0.25) is 5.84 Å². The molecule has 6 aromatic rings. The van der Waals surface area contributed by atoms with Gasteiger partial charge in [0.1, 0.15) is 0 Å². The van der Waals surface area contributed by atoms with Gasteiger partial charge in [0, 0.05) is 74.8 Å². The number of aromatic amines is 2. The molecule has 47 heavy (non-hydrogen) atoms. The first-order valence-electron chi connectivity index (χ1n) is 16.1. The van der Waals surface area contributed by atoms with E-state index in [9.17, 15) is 0 Å². The van der Waals surface area contributed by atoms with Crippen molar-refractivity contribution in [1.82, 2.24) is 19.8 Å². The number of anilines is 2. The third kappa shape index (κ3) is 7.45. The molecule has 9 heteroatoms. The summed E-state index contributed by atoms with van der Waals surface area (Å²) >= 11 is 11.9. The lowest BCUT2D eigenvalue weighted by atomic mass is 10.0. The molecule has 244 valence electrons. The topological polar surface area (TPSA) is 79.4 Å². The van der Waals surface area contributed by atoms with E-state index in [1.54, 1.807) is 6.07 Å². The maximum absolute atomic E-state index is 6.17. The van der Waals surface area contributed by atoms with E-state index < -0.39 is 0 Å². The zero-order valence-electron chi connectivity index (χ0n) is 27.3. The number of para-hydroxylation sites is 3. The minimum absolute atomic E-state index is 0.639. The highest BCUT2D eigenvalue weighted by Crippen LogP contribution is 2.34. The summed E-state index contributed by atoms with van der Waals surface area (Å²) in [5.41, 5.74) is 13.9. The molecule has 7 nitrogen and oxygen atoms in total. The number of hydrazine groups is 1. The van der Waals surface area contributed by atoms with Gasteiger partial charge in [-0.25, -0.2) is 0 Å². The van der Waals surface area contributed by atoms with Crippen LogP contribution in [0.4, 0.5) is 11.4 Å². The summed E-state index contributed by atoms with van der Waals surface area (Å²) in [7, 11) is 6.53. The Morgan fingerprint density at radius 2 is 1.26 bits per heavy atom. The lowest BCUT2D eigenvalue weighted by Crippen LogP contribution is -2.25. The van der Waals surface area contributed by atoms with Crippen LogP contribution in [0, 0.1) is 0 Å². The van der Waals surface area contributed by atoms with Gasteiger partial charge in [-0.2, -0.15) is 0 Å². The van der Waals surface area contributed by atoms with Crippen molar-refractivity contribution >= 4 is 56.4 Å². The maximum Gasteiger partial charge on any atom is 0.0697 e. The van der Waals surface area contributed by atoms with Gasteiger partial charge < -0.3 is 30.1 Å². The first-order chi connectivity index (χ1) is 22.8. The number of benzene rings is 4. The molecule has 0 spiro atoms. The van der Waals surface area contributed by atoms with E-state index in [0.717, 1.165) is 61.8 Å². The Hall–Kier alpha value is -3.98. The number of halogens is 2. The smallest absolute Gasteiger partial charge is 0.0697 e.